The third kappa shape index (κ3) is 7.04. The van der Waals surface area contributed by atoms with Gasteiger partial charge in [0.15, 0.2) is 10.0 Å². The zero-order valence-corrected chi connectivity index (χ0v) is 24.3. The van der Waals surface area contributed by atoms with Crippen LogP contribution in [0.4, 0.5) is 47.3 Å². The second-order valence-corrected chi connectivity index (χ2v) is 12.4. The van der Waals surface area contributed by atoms with Gasteiger partial charge in [0.05, 0.1) is 0 Å². The highest BCUT2D eigenvalue weighted by atomic mass is 32.3. The Bertz CT molecular complexity index is 1650. The van der Waals surface area contributed by atoms with Crippen molar-refractivity contribution in [2.75, 3.05) is 28.2 Å². The summed E-state index contributed by atoms with van der Waals surface area (Å²) in [5.41, 5.74) is -1.02. The summed E-state index contributed by atoms with van der Waals surface area (Å²) in [7, 11) is -11.3. The monoisotopic (exact) mass is 617 g/mol. The number of benzene rings is 4. The lowest BCUT2D eigenvalue weighted by atomic mass is 10.1. The standard InChI is InChI=1S/C29H28F3N4O4S2/c1-3-35(24-11-7-5-8-12-24)26-19-23(20-27(21-26)36(4-2)25-13-9-6-10-14-25)33-22-15-17-28(18-16-22)41(37,38)34-42(39,40)29(30,31)32/h5-21,33H,3-4H2,1-2H3/q-1. The normalized spacial score (nSPS) is 12.1. The molecule has 0 spiro atoms. The molecule has 0 fully saturated rings. The maximum absolute atomic E-state index is 12.7. The number of hydrogen-bond donors (Lipinski definition) is 1. The van der Waals surface area contributed by atoms with Crippen LogP contribution in [0.5, 0.6) is 0 Å². The Morgan fingerprint density at radius 2 is 1.10 bits per heavy atom. The minimum absolute atomic E-state index is 0.418. The van der Waals surface area contributed by atoms with Gasteiger partial charge >= 0.3 is 5.51 Å². The zero-order valence-electron chi connectivity index (χ0n) is 22.7. The topological polar surface area (TPSA) is 101 Å². The van der Waals surface area contributed by atoms with Crippen molar-refractivity contribution in [3.8, 4) is 0 Å². The molecule has 0 saturated heterocycles. The van der Waals surface area contributed by atoms with E-state index in [1.54, 1.807) is 0 Å². The fraction of sp³-hybridized carbons (Fsp3) is 0.172. The summed E-state index contributed by atoms with van der Waals surface area (Å²) in [6.45, 7) is 5.40. The molecule has 0 aromatic heterocycles. The summed E-state index contributed by atoms with van der Waals surface area (Å²) in [6, 6.07) is 30.2. The van der Waals surface area contributed by atoms with Gasteiger partial charge in [-0.05, 0) is 80.6 Å². The van der Waals surface area contributed by atoms with Crippen molar-refractivity contribution in [2.24, 2.45) is 0 Å². The highest BCUT2D eigenvalue weighted by molar-refractivity contribution is 8.12. The molecule has 0 saturated carbocycles. The minimum Gasteiger partial charge on any atom is -0.424 e. The SMILES string of the molecule is CCN(c1ccccc1)c1cc(Nc2ccc(S(=O)(=O)[N-]S(=O)(=O)C(F)(F)F)cc2)cc(N(CC)c2ccccc2)c1. The van der Waals surface area contributed by atoms with Crippen LogP contribution in [-0.2, 0) is 20.0 Å². The fourth-order valence-electron chi connectivity index (χ4n) is 4.31. The fourth-order valence-corrected chi connectivity index (χ4v) is 6.51. The lowest BCUT2D eigenvalue weighted by molar-refractivity contribution is -0.0425. The van der Waals surface area contributed by atoms with Gasteiger partial charge in [0.1, 0.15) is 10.0 Å². The molecule has 222 valence electrons. The molecule has 0 aliphatic rings. The van der Waals surface area contributed by atoms with Gasteiger partial charge in [-0.3, -0.25) is 0 Å². The molecule has 4 aromatic rings. The number of halogens is 3. The smallest absolute Gasteiger partial charge is 0.424 e. The number of hydrogen-bond acceptors (Lipinski definition) is 7. The van der Waals surface area contributed by atoms with Crippen LogP contribution in [0.3, 0.4) is 0 Å². The van der Waals surface area contributed by atoms with Gasteiger partial charge in [0.2, 0.25) is 0 Å². The van der Waals surface area contributed by atoms with Crippen LogP contribution in [0.1, 0.15) is 13.8 Å². The van der Waals surface area contributed by atoms with Crippen molar-refractivity contribution >= 4 is 54.2 Å². The zero-order chi connectivity index (χ0) is 30.5. The van der Waals surface area contributed by atoms with Crippen LogP contribution in [-0.4, -0.2) is 35.4 Å². The summed E-state index contributed by atoms with van der Waals surface area (Å²) in [4.78, 5) is 3.56. The van der Waals surface area contributed by atoms with E-state index in [1.165, 1.54) is 12.1 Å². The van der Waals surface area contributed by atoms with Crippen molar-refractivity contribution in [3.63, 3.8) is 0 Å². The van der Waals surface area contributed by atoms with Crippen LogP contribution >= 0.6 is 0 Å². The summed E-state index contributed by atoms with van der Waals surface area (Å²) in [5, 5.41) is 3.22. The Labute approximate surface area is 243 Å². The minimum atomic E-state index is -6.23. The van der Waals surface area contributed by atoms with Crippen LogP contribution in [0.2, 0.25) is 0 Å². The first kappa shape index (κ1) is 30.9. The summed E-state index contributed by atoms with van der Waals surface area (Å²) < 4.78 is 87.2. The van der Waals surface area contributed by atoms with E-state index < -0.39 is 30.5 Å². The second kappa shape index (κ2) is 12.4. The van der Waals surface area contributed by atoms with E-state index in [2.05, 4.69) is 25.3 Å². The van der Waals surface area contributed by atoms with E-state index in [-0.39, 0.29) is 0 Å². The Kier molecular flexibility index (Phi) is 9.14. The molecular weight excluding hydrogens is 589 g/mol. The van der Waals surface area contributed by atoms with E-state index in [0.717, 1.165) is 34.9 Å². The van der Waals surface area contributed by atoms with Crippen molar-refractivity contribution in [2.45, 2.75) is 24.3 Å². The predicted molar refractivity (Wildman–Crippen MR) is 160 cm³/mol. The lowest BCUT2D eigenvalue weighted by Crippen LogP contribution is -2.24. The Morgan fingerprint density at radius 1 is 0.643 bits per heavy atom. The molecular formula is C29H28F3N4O4S2-. The summed E-state index contributed by atoms with van der Waals surface area (Å²) in [5.74, 6) is 0. The van der Waals surface area contributed by atoms with Gasteiger partial charge in [-0.1, -0.05) is 36.4 Å². The van der Waals surface area contributed by atoms with Crippen LogP contribution in [0.15, 0.2) is 108 Å². The first-order valence-corrected chi connectivity index (χ1v) is 15.7. The van der Waals surface area contributed by atoms with Crippen molar-refractivity contribution < 1.29 is 30.0 Å². The Hall–Kier alpha value is -4.07. The van der Waals surface area contributed by atoms with Crippen LogP contribution in [0, 0.1) is 0 Å². The van der Waals surface area contributed by atoms with Gasteiger partial charge < -0.3 is 19.2 Å². The molecule has 0 aliphatic carbocycles. The van der Waals surface area contributed by atoms with E-state index >= 15 is 0 Å². The molecule has 0 radical (unpaired) electrons. The van der Waals surface area contributed by atoms with E-state index in [0.29, 0.717) is 24.5 Å². The predicted octanol–water partition coefficient (Wildman–Crippen LogP) is 7.66. The first-order valence-electron chi connectivity index (χ1n) is 12.8. The Morgan fingerprint density at radius 3 is 1.50 bits per heavy atom. The maximum Gasteiger partial charge on any atom is 0.480 e. The molecule has 13 heteroatoms. The van der Waals surface area contributed by atoms with Crippen molar-refractivity contribution in [3.05, 3.63) is 107 Å². The third-order valence-electron chi connectivity index (χ3n) is 6.22. The molecule has 1 N–H and O–H groups in total. The number of anilines is 6. The second-order valence-electron chi connectivity index (χ2n) is 9.02. The molecule has 0 atom stereocenters. The summed E-state index contributed by atoms with van der Waals surface area (Å²) >= 11 is 0. The van der Waals surface area contributed by atoms with Gasteiger partial charge in [0, 0.05) is 52.1 Å². The van der Waals surface area contributed by atoms with Gasteiger partial charge in [-0.15, -0.1) is 0 Å². The Balaban J connectivity index is 1.70. The van der Waals surface area contributed by atoms with Gasteiger partial charge in [0.25, 0.3) is 0 Å². The van der Waals surface area contributed by atoms with E-state index in [4.69, 9.17) is 0 Å². The van der Waals surface area contributed by atoms with Crippen molar-refractivity contribution in [1.82, 2.24) is 0 Å². The number of alkyl halides is 3. The molecule has 8 nitrogen and oxygen atoms in total. The van der Waals surface area contributed by atoms with Crippen LogP contribution in [0.25, 0.3) is 4.13 Å². The average molecular weight is 618 g/mol. The number of nitrogens with zero attached hydrogens (tertiary/aromatic N) is 3. The van der Waals surface area contributed by atoms with Crippen LogP contribution < -0.4 is 15.1 Å². The highest BCUT2D eigenvalue weighted by Crippen LogP contribution is 2.37. The van der Waals surface area contributed by atoms with Gasteiger partial charge in [-0.25, -0.2) is 16.8 Å². The lowest BCUT2D eigenvalue weighted by Gasteiger charge is -2.29. The molecule has 4 rings (SSSR count). The largest absolute Gasteiger partial charge is 0.480 e. The maximum atomic E-state index is 12.7. The molecule has 0 aliphatic heterocycles. The average Bonchev–Trinajstić information content (AvgIpc) is 2.94. The number of rotatable bonds is 11. The molecule has 0 unspecified atom stereocenters. The third-order valence-corrected chi connectivity index (χ3v) is 9.25. The van der Waals surface area contributed by atoms with Gasteiger partial charge in [-0.2, -0.15) is 13.2 Å². The summed E-state index contributed by atoms with van der Waals surface area (Å²) in [6.07, 6.45) is 0. The van der Waals surface area contributed by atoms with Crippen molar-refractivity contribution in [1.29, 1.82) is 0 Å². The molecule has 0 heterocycles. The molecule has 42 heavy (non-hydrogen) atoms. The quantitative estimate of drug-likeness (QED) is 0.184. The molecule has 0 bridgehead atoms. The number of para-hydroxylation sites is 2. The number of sulfonamides is 2. The van der Waals surface area contributed by atoms with E-state index in [9.17, 15) is 30.0 Å². The number of nitrogens with one attached hydrogen (secondary N) is 1. The van der Waals surface area contributed by atoms with E-state index in [1.807, 2.05) is 86.6 Å². The molecule has 4 aromatic carbocycles. The molecule has 0 amide bonds. The first-order chi connectivity index (χ1) is 19.8. The highest BCUT2D eigenvalue weighted by Gasteiger charge is 2.40.